The van der Waals surface area contributed by atoms with Crippen LogP contribution < -0.4 is 10.6 Å². The highest BCUT2D eigenvalue weighted by Gasteiger charge is 2.13. The molecule has 98 valence electrons. The molecule has 0 bridgehead atoms. The fourth-order valence-corrected chi connectivity index (χ4v) is 1.62. The minimum Gasteiger partial charge on any atom is -0.480 e. The summed E-state index contributed by atoms with van der Waals surface area (Å²) in [5.74, 6) is -1.39. The largest absolute Gasteiger partial charge is 0.480 e. The van der Waals surface area contributed by atoms with Crippen molar-refractivity contribution in [1.29, 1.82) is 0 Å². The van der Waals surface area contributed by atoms with Crippen molar-refractivity contribution in [2.45, 2.75) is 26.8 Å². The van der Waals surface area contributed by atoms with Crippen molar-refractivity contribution in [2.75, 3.05) is 11.9 Å². The molecular formula is C13H18N2O3. The van der Waals surface area contributed by atoms with E-state index in [2.05, 4.69) is 10.6 Å². The summed E-state index contributed by atoms with van der Waals surface area (Å²) in [6.07, 6.45) is 0. The molecule has 0 radical (unpaired) electrons. The molecule has 1 aromatic carbocycles. The first kappa shape index (κ1) is 14.0. The van der Waals surface area contributed by atoms with Crippen LogP contribution >= 0.6 is 0 Å². The number of amides is 1. The van der Waals surface area contributed by atoms with Gasteiger partial charge in [-0.1, -0.05) is 18.2 Å². The summed E-state index contributed by atoms with van der Waals surface area (Å²) < 4.78 is 0. The summed E-state index contributed by atoms with van der Waals surface area (Å²) in [6.45, 7) is 5.39. The molecule has 0 saturated carbocycles. The summed E-state index contributed by atoms with van der Waals surface area (Å²) >= 11 is 0. The van der Waals surface area contributed by atoms with Crippen molar-refractivity contribution in [3.8, 4) is 0 Å². The number of benzene rings is 1. The zero-order valence-electron chi connectivity index (χ0n) is 10.8. The highest BCUT2D eigenvalue weighted by molar-refractivity contribution is 5.86. The topological polar surface area (TPSA) is 78.4 Å². The predicted molar refractivity (Wildman–Crippen MR) is 69.6 cm³/mol. The van der Waals surface area contributed by atoms with Crippen LogP contribution in [0.5, 0.6) is 0 Å². The quantitative estimate of drug-likeness (QED) is 0.736. The van der Waals surface area contributed by atoms with Gasteiger partial charge in [-0.2, -0.15) is 0 Å². The van der Waals surface area contributed by atoms with Crippen LogP contribution in [0.25, 0.3) is 0 Å². The number of aliphatic carboxylic acids is 1. The van der Waals surface area contributed by atoms with Crippen molar-refractivity contribution in [3.05, 3.63) is 29.3 Å². The SMILES string of the molecule is Cc1cccc(C)c1NCC(=O)NC(C)C(=O)O. The van der Waals surface area contributed by atoms with Gasteiger partial charge in [-0.05, 0) is 31.9 Å². The van der Waals surface area contributed by atoms with Crippen LogP contribution in [-0.2, 0) is 9.59 Å². The molecule has 0 aliphatic rings. The Balaban J connectivity index is 2.55. The second-order valence-corrected chi connectivity index (χ2v) is 4.25. The third kappa shape index (κ3) is 3.76. The second-order valence-electron chi connectivity index (χ2n) is 4.25. The van der Waals surface area contributed by atoms with Gasteiger partial charge in [0.15, 0.2) is 0 Å². The van der Waals surface area contributed by atoms with Crippen LogP contribution in [0.15, 0.2) is 18.2 Å². The number of carbonyl (C=O) groups is 2. The molecule has 0 heterocycles. The molecule has 5 nitrogen and oxygen atoms in total. The Labute approximate surface area is 106 Å². The van der Waals surface area contributed by atoms with Crippen LogP contribution in [-0.4, -0.2) is 29.6 Å². The van der Waals surface area contributed by atoms with Gasteiger partial charge in [0.05, 0.1) is 6.54 Å². The summed E-state index contributed by atoms with van der Waals surface area (Å²) in [5.41, 5.74) is 3.01. The number of rotatable bonds is 5. The zero-order valence-corrected chi connectivity index (χ0v) is 10.8. The molecule has 1 atom stereocenters. The normalized spacial score (nSPS) is 11.7. The standard InChI is InChI=1S/C13H18N2O3/c1-8-5-4-6-9(2)12(8)14-7-11(16)15-10(3)13(17)18/h4-6,10,14H,7H2,1-3H3,(H,15,16)(H,17,18). The number of nitrogens with one attached hydrogen (secondary N) is 2. The molecule has 0 spiro atoms. The lowest BCUT2D eigenvalue weighted by molar-refractivity contribution is -0.141. The van der Waals surface area contributed by atoms with Crippen molar-refractivity contribution in [2.24, 2.45) is 0 Å². The van der Waals surface area contributed by atoms with Gasteiger partial charge in [0, 0.05) is 5.69 Å². The van der Waals surface area contributed by atoms with E-state index in [1.807, 2.05) is 32.0 Å². The fourth-order valence-electron chi connectivity index (χ4n) is 1.62. The first-order valence-corrected chi connectivity index (χ1v) is 5.74. The van der Waals surface area contributed by atoms with Crippen molar-refractivity contribution >= 4 is 17.6 Å². The molecule has 1 aromatic rings. The Bertz CT molecular complexity index is 437. The lowest BCUT2D eigenvalue weighted by Crippen LogP contribution is -2.41. The maximum Gasteiger partial charge on any atom is 0.325 e. The highest BCUT2D eigenvalue weighted by atomic mass is 16.4. The third-order valence-electron chi connectivity index (χ3n) is 2.65. The van der Waals surface area contributed by atoms with Gasteiger partial charge in [0.1, 0.15) is 6.04 Å². The van der Waals surface area contributed by atoms with Gasteiger partial charge in [-0.3, -0.25) is 9.59 Å². The Morgan fingerprint density at radius 2 is 1.83 bits per heavy atom. The smallest absolute Gasteiger partial charge is 0.325 e. The Hall–Kier alpha value is -2.04. The van der Waals surface area contributed by atoms with Crippen molar-refractivity contribution < 1.29 is 14.7 Å². The average molecular weight is 250 g/mol. The molecule has 0 aliphatic carbocycles. The summed E-state index contributed by atoms with van der Waals surface area (Å²) in [7, 11) is 0. The summed E-state index contributed by atoms with van der Waals surface area (Å²) in [4.78, 5) is 22.1. The third-order valence-corrected chi connectivity index (χ3v) is 2.65. The van der Waals surface area contributed by atoms with Crippen molar-refractivity contribution in [3.63, 3.8) is 0 Å². The van der Waals surface area contributed by atoms with Crippen LogP contribution in [0, 0.1) is 13.8 Å². The molecule has 0 aromatic heterocycles. The monoisotopic (exact) mass is 250 g/mol. The number of carboxylic acid groups (broad SMARTS) is 1. The van der Waals surface area contributed by atoms with Gasteiger partial charge in [0.25, 0.3) is 0 Å². The Kier molecular flexibility index (Phi) is 4.71. The molecule has 3 N–H and O–H groups in total. The van der Waals surface area contributed by atoms with Crippen LogP contribution in [0.4, 0.5) is 5.69 Å². The molecule has 0 fully saturated rings. The van der Waals surface area contributed by atoms with Gasteiger partial charge in [-0.15, -0.1) is 0 Å². The first-order chi connectivity index (χ1) is 8.41. The summed E-state index contributed by atoms with van der Waals surface area (Å²) in [5, 5.41) is 14.1. The minimum atomic E-state index is -1.05. The summed E-state index contributed by atoms with van der Waals surface area (Å²) in [6, 6.07) is 4.97. The van der Waals surface area contributed by atoms with E-state index < -0.39 is 12.0 Å². The second kappa shape index (κ2) is 6.05. The van der Waals surface area contributed by atoms with E-state index in [0.717, 1.165) is 16.8 Å². The molecule has 1 rings (SSSR count). The van der Waals surface area contributed by atoms with E-state index >= 15 is 0 Å². The Morgan fingerprint density at radius 1 is 1.28 bits per heavy atom. The maximum absolute atomic E-state index is 11.5. The van der Waals surface area contributed by atoms with Crippen LogP contribution in [0.3, 0.4) is 0 Å². The number of hydrogen-bond acceptors (Lipinski definition) is 3. The van der Waals surface area contributed by atoms with E-state index in [-0.39, 0.29) is 12.5 Å². The fraction of sp³-hybridized carbons (Fsp3) is 0.385. The van der Waals surface area contributed by atoms with Gasteiger partial charge < -0.3 is 15.7 Å². The number of anilines is 1. The van der Waals surface area contributed by atoms with E-state index in [9.17, 15) is 9.59 Å². The zero-order chi connectivity index (χ0) is 13.7. The highest BCUT2D eigenvalue weighted by Crippen LogP contribution is 2.18. The molecular weight excluding hydrogens is 232 g/mol. The lowest BCUT2D eigenvalue weighted by Gasteiger charge is -2.13. The van der Waals surface area contributed by atoms with Crippen LogP contribution in [0.1, 0.15) is 18.1 Å². The van der Waals surface area contributed by atoms with Crippen LogP contribution in [0.2, 0.25) is 0 Å². The van der Waals surface area contributed by atoms with E-state index in [1.54, 1.807) is 0 Å². The predicted octanol–water partition coefficient (Wildman–Crippen LogP) is 1.30. The number of hydrogen-bond donors (Lipinski definition) is 3. The number of para-hydroxylation sites is 1. The molecule has 1 unspecified atom stereocenters. The van der Waals surface area contributed by atoms with E-state index in [4.69, 9.17) is 5.11 Å². The van der Waals surface area contributed by atoms with Gasteiger partial charge in [-0.25, -0.2) is 0 Å². The molecule has 1 amide bonds. The first-order valence-electron chi connectivity index (χ1n) is 5.74. The minimum absolute atomic E-state index is 0.0588. The molecule has 5 heteroatoms. The number of carboxylic acids is 1. The number of carbonyl (C=O) groups excluding carboxylic acids is 1. The lowest BCUT2D eigenvalue weighted by atomic mass is 10.1. The van der Waals surface area contributed by atoms with Crippen molar-refractivity contribution in [1.82, 2.24) is 5.32 Å². The molecule has 0 aliphatic heterocycles. The van der Waals surface area contributed by atoms with Gasteiger partial charge >= 0.3 is 5.97 Å². The van der Waals surface area contributed by atoms with E-state index in [0.29, 0.717) is 0 Å². The van der Waals surface area contributed by atoms with E-state index in [1.165, 1.54) is 6.92 Å². The Morgan fingerprint density at radius 3 is 2.33 bits per heavy atom. The molecule has 18 heavy (non-hydrogen) atoms. The average Bonchev–Trinajstić information content (AvgIpc) is 2.28. The maximum atomic E-state index is 11.5. The molecule has 0 saturated heterocycles. The number of aryl methyl sites for hydroxylation is 2. The van der Waals surface area contributed by atoms with Gasteiger partial charge in [0.2, 0.25) is 5.91 Å².